The molecule has 0 aliphatic rings. The van der Waals surface area contributed by atoms with Crippen LogP contribution in [-0.4, -0.2) is 44.3 Å². The summed E-state index contributed by atoms with van der Waals surface area (Å²) in [6.07, 6.45) is 4.95. The van der Waals surface area contributed by atoms with Crippen molar-refractivity contribution in [3.05, 3.63) is 36.2 Å². The van der Waals surface area contributed by atoms with Crippen LogP contribution in [0.1, 0.15) is 6.92 Å². The minimum atomic E-state index is 0.119. The average molecular weight is 295 g/mol. The molecule has 0 saturated heterocycles. The lowest BCUT2D eigenvalue weighted by atomic mass is 10.4. The van der Waals surface area contributed by atoms with E-state index in [-0.39, 0.29) is 5.28 Å². The van der Waals surface area contributed by atoms with Gasteiger partial charge in [-0.05, 0) is 18.5 Å². The molecule has 7 nitrogen and oxygen atoms in total. The maximum atomic E-state index is 5.87. The Morgan fingerprint density at radius 3 is 3.00 bits per heavy atom. The zero-order valence-electron chi connectivity index (χ0n) is 11.1. The number of nitrogens with zero attached hydrogens (tertiary/aromatic N) is 5. The molecule has 2 rings (SSSR count). The molecular formula is C12H15ClN6O. The Morgan fingerprint density at radius 2 is 2.30 bits per heavy atom. The van der Waals surface area contributed by atoms with Gasteiger partial charge in [0, 0.05) is 18.9 Å². The fourth-order valence-electron chi connectivity index (χ4n) is 1.39. The van der Waals surface area contributed by atoms with Crippen molar-refractivity contribution in [3.8, 4) is 5.95 Å². The lowest BCUT2D eigenvalue weighted by molar-refractivity contribution is 0.167. The van der Waals surface area contributed by atoms with E-state index in [0.29, 0.717) is 31.7 Å². The topological polar surface area (TPSA) is 77.8 Å². The summed E-state index contributed by atoms with van der Waals surface area (Å²) in [6.45, 7) is 7.30. The van der Waals surface area contributed by atoms with Crippen molar-refractivity contribution in [2.75, 3.05) is 25.1 Å². The van der Waals surface area contributed by atoms with Gasteiger partial charge in [0.2, 0.25) is 17.2 Å². The number of hydrogen-bond donors (Lipinski definition) is 1. The first-order chi connectivity index (χ1) is 9.65. The molecule has 0 bridgehead atoms. The molecule has 0 aromatic carbocycles. The van der Waals surface area contributed by atoms with Crippen LogP contribution in [0, 0.1) is 0 Å². The van der Waals surface area contributed by atoms with Crippen molar-refractivity contribution in [2.45, 2.75) is 6.92 Å². The maximum absolute atomic E-state index is 5.87. The first kappa shape index (κ1) is 14.4. The highest BCUT2D eigenvalue weighted by molar-refractivity contribution is 6.28. The minimum Gasteiger partial charge on any atom is -0.375 e. The van der Waals surface area contributed by atoms with E-state index in [2.05, 4.69) is 31.8 Å². The van der Waals surface area contributed by atoms with Crippen LogP contribution >= 0.6 is 11.6 Å². The number of halogens is 1. The Kier molecular flexibility index (Phi) is 5.03. The van der Waals surface area contributed by atoms with Gasteiger partial charge in [-0.25, -0.2) is 4.98 Å². The molecule has 2 heterocycles. The highest BCUT2D eigenvalue weighted by Crippen LogP contribution is 2.09. The Morgan fingerprint density at radius 1 is 1.45 bits per heavy atom. The molecule has 0 aliphatic carbocycles. The molecule has 2 aromatic heterocycles. The molecule has 0 atom stereocenters. The fourth-order valence-corrected chi connectivity index (χ4v) is 1.55. The van der Waals surface area contributed by atoms with Crippen molar-refractivity contribution in [1.29, 1.82) is 0 Å². The van der Waals surface area contributed by atoms with E-state index in [9.17, 15) is 0 Å². The lowest BCUT2D eigenvalue weighted by Gasteiger charge is -2.07. The molecular weight excluding hydrogens is 280 g/mol. The molecule has 2 aromatic rings. The van der Waals surface area contributed by atoms with E-state index in [1.807, 2.05) is 6.92 Å². The number of aromatic nitrogens is 5. The summed E-state index contributed by atoms with van der Waals surface area (Å²) >= 11 is 5.87. The predicted molar refractivity (Wildman–Crippen MR) is 76.1 cm³/mol. The van der Waals surface area contributed by atoms with Gasteiger partial charge < -0.3 is 10.1 Å². The molecule has 0 spiro atoms. The molecule has 8 heteroatoms. The Hall–Kier alpha value is -1.99. The van der Waals surface area contributed by atoms with Gasteiger partial charge >= 0.3 is 0 Å². The summed E-state index contributed by atoms with van der Waals surface area (Å²) in [7, 11) is 0. The predicted octanol–water partition coefficient (Wildman–Crippen LogP) is 1.72. The number of imidazole rings is 1. The van der Waals surface area contributed by atoms with Gasteiger partial charge in [0.1, 0.15) is 6.33 Å². The van der Waals surface area contributed by atoms with Crippen LogP contribution in [0.3, 0.4) is 0 Å². The Balaban J connectivity index is 1.93. The van der Waals surface area contributed by atoms with Gasteiger partial charge in [-0.15, -0.1) is 0 Å². The van der Waals surface area contributed by atoms with Gasteiger partial charge in [-0.2, -0.15) is 15.0 Å². The van der Waals surface area contributed by atoms with E-state index in [1.54, 1.807) is 23.3 Å². The lowest BCUT2D eigenvalue weighted by Crippen LogP contribution is -2.14. The number of nitrogens with one attached hydrogen (secondary N) is 1. The van der Waals surface area contributed by atoms with Crippen molar-refractivity contribution in [1.82, 2.24) is 24.5 Å². The van der Waals surface area contributed by atoms with Crippen LogP contribution < -0.4 is 5.32 Å². The van der Waals surface area contributed by atoms with Crippen molar-refractivity contribution in [3.63, 3.8) is 0 Å². The Labute approximate surface area is 121 Å². The third-order valence-electron chi connectivity index (χ3n) is 2.21. The normalized spacial score (nSPS) is 10.5. The molecule has 0 amide bonds. The number of anilines is 1. The summed E-state index contributed by atoms with van der Waals surface area (Å²) in [6, 6.07) is 0. The maximum Gasteiger partial charge on any atom is 0.241 e. The molecule has 106 valence electrons. The highest BCUT2D eigenvalue weighted by atomic mass is 35.5. The summed E-state index contributed by atoms with van der Waals surface area (Å²) in [4.78, 5) is 16.2. The summed E-state index contributed by atoms with van der Waals surface area (Å²) in [5.74, 6) is 0.806. The van der Waals surface area contributed by atoms with Gasteiger partial charge in [-0.3, -0.25) is 4.57 Å². The first-order valence-electron chi connectivity index (χ1n) is 6.01. The third-order valence-corrected chi connectivity index (χ3v) is 2.38. The third kappa shape index (κ3) is 4.29. The Bertz CT molecular complexity index is 571. The second kappa shape index (κ2) is 6.97. The average Bonchev–Trinajstić information content (AvgIpc) is 2.91. The van der Waals surface area contributed by atoms with Gasteiger partial charge in [-0.1, -0.05) is 12.2 Å². The molecule has 0 aliphatic heterocycles. The van der Waals surface area contributed by atoms with Gasteiger partial charge in [0.25, 0.3) is 0 Å². The van der Waals surface area contributed by atoms with Crippen LogP contribution in [0.5, 0.6) is 0 Å². The van der Waals surface area contributed by atoms with Crippen molar-refractivity contribution >= 4 is 17.5 Å². The SMILES string of the molecule is C=C(C)COCCNc1nc(Cl)nc(-n2ccnc2)n1. The monoisotopic (exact) mass is 294 g/mol. The van der Waals surface area contributed by atoms with Gasteiger partial charge in [0.05, 0.1) is 13.2 Å². The van der Waals surface area contributed by atoms with Crippen LogP contribution in [0.4, 0.5) is 5.95 Å². The summed E-state index contributed by atoms with van der Waals surface area (Å²) < 4.78 is 7.02. The smallest absolute Gasteiger partial charge is 0.241 e. The largest absolute Gasteiger partial charge is 0.375 e. The van der Waals surface area contributed by atoms with Crippen molar-refractivity contribution in [2.24, 2.45) is 0 Å². The van der Waals surface area contributed by atoms with Crippen molar-refractivity contribution < 1.29 is 4.74 Å². The summed E-state index contributed by atoms with van der Waals surface area (Å²) in [5, 5.41) is 3.15. The molecule has 0 saturated carbocycles. The zero-order valence-corrected chi connectivity index (χ0v) is 11.8. The van der Waals surface area contributed by atoms with E-state index in [1.165, 1.54) is 0 Å². The molecule has 0 radical (unpaired) electrons. The highest BCUT2D eigenvalue weighted by Gasteiger charge is 2.06. The quantitative estimate of drug-likeness (QED) is 0.619. The van der Waals surface area contributed by atoms with Crippen LogP contribution in [0.25, 0.3) is 5.95 Å². The minimum absolute atomic E-state index is 0.119. The standard InChI is InChI=1S/C12H15ClN6O/c1-9(2)7-20-6-4-15-11-16-10(13)17-12(18-11)19-5-3-14-8-19/h3,5,8H,1,4,6-7H2,2H3,(H,15,16,17,18). The second-order valence-corrected chi connectivity index (χ2v) is 4.47. The number of rotatable bonds is 7. The fraction of sp³-hybridized carbons (Fsp3) is 0.333. The first-order valence-corrected chi connectivity index (χ1v) is 6.39. The molecule has 0 unspecified atom stereocenters. The second-order valence-electron chi connectivity index (χ2n) is 4.13. The molecule has 0 fully saturated rings. The molecule has 20 heavy (non-hydrogen) atoms. The van der Waals surface area contributed by atoms with Crippen LogP contribution in [0.15, 0.2) is 30.9 Å². The molecule has 1 N–H and O–H groups in total. The van der Waals surface area contributed by atoms with E-state index >= 15 is 0 Å². The van der Waals surface area contributed by atoms with E-state index < -0.39 is 0 Å². The van der Waals surface area contributed by atoms with E-state index in [0.717, 1.165) is 5.57 Å². The number of ether oxygens (including phenoxy) is 1. The summed E-state index contributed by atoms with van der Waals surface area (Å²) in [5.41, 5.74) is 0.982. The van der Waals surface area contributed by atoms with Crippen LogP contribution in [-0.2, 0) is 4.74 Å². The number of hydrogen-bond acceptors (Lipinski definition) is 6. The van der Waals surface area contributed by atoms with Gasteiger partial charge in [0.15, 0.2) is 0 Å². The van der Waals surface area contributed by atoms with Crippen LogP contribution in [0.2, 0.25) is 5.28 Å². The zero-order chi connectivity index (χ0) is 14.4. The van der Waals surface area contributed by atoms with E-state index in [4.69, 9.17) is 16.3 Å².